The molecule has 24 heavy (non-hydrogen) atoms. The van der Waals surface area contributed by atoms with Gasteiger partial charge in [0, 0.05) is 17.8 Å². The van der Waals surface area contributed by atoms with Gasteiger partial charge >= 0.3 is 0 Å². The molecule has 0 heterocycles. The topological polar surface area (TPSA) is 21.6 Å². The monoisotopic (exact) mass is 325 g/mol. The zero-order valence-electron chi connectivity index (χ0n) is 16.2. The standard InChI is InChI=1S/C22H31NO/c1-9-11-19(10-2)21(14-23-18(7)15(3)4)20-12-13-22(24-8)17(6)16(20)5/h9,11-14,19H,3,10H2,1-2,4-8H3/b11-9-,21-14+,23-18?. The molecule has 0 aliphatic carbocycles. The molecule has 0 N–H and O–H groups in total. The molecule has 0 fully saturated rings. The Morgan fingerprint density at radius 1 is 1.25 bits per heavy atom. The van der Waals surface area contributed by atoms with Crippen LogP contribution < -0.4 is 4.74 Å². The fourth-order valence-corrected chi connectivity index (χ4v) is 2.66. The molecule has 1 aromatic rings. The first-order valence-electron chi connectivity index (χ1n) is 8.55. The smallest absolute Gasteiger partial charge is 0.122 e. The molecular weight excluding hydrogens is 294 g/mol. The number of nitrogens with zero attached hydrogens (tertiary/aromatic N) is 1. The summed E-state index contributed by atoms with van der Waals surface area (Å²) >= 11 is 0. The molecule has 0 bridgehead atoms. The molecule has 130 valence electrons. The first-order valence-corrected chi connectivity index (χ1v) is 8.55. The highest BCUT2D eigenvalue weighted by Crippen LogP contribution is 2.34. The third-order valence-corrected chi connectivity index (χ3v) is 4.55. The van der Waals surface area contributed by atoms with Gasteiger partial charge in [-0.15, -0.1) is 0 Å². The Balaban J connectivity index is 3.54. The van der Waals surface area contributed by atoms with Crippen molar-refractivity contribution in [1.82, 2.24) is 0 Å². The summed E-state index contributed by atoms with van der Waals surface area (Å²) in [4.78, 5) is 4.65. The van der Waals surface area contributed by atoms with Gasteiger partial charge in [0.05, 0.1) is 7.11 Å². The number of hydrogen-bond acceptors (Lipinski definition) is 2. The molecule has 1 unspecified atom stereocenters. The molecular formula is C22H31NO. The van der Waals surface area contributed by atoms with E-state index in [2.05, 4.69) is 57.5 Å². The van der Waals surface area contributed by atoms with Crippen LogP contribution in [-0.4, -0.2) is 12.8 Å². The maximum atomic E-state index is 5.45. The Bertz CT molecular complexity index is 677. The minimum absolute atomic E-state index is 0.336. The van der Waals surface area contributed by atoms with Crippen LogP contribution in [0.15, 0.2) is 47.6 Å². The van der Waals surface area contributed by atoms with E-state index in [4.69, 9.17) is 4.74 Å². The Kier molecular flexibility index (Phi) is 7.70. The minimum Gasteiger partial charge on any atom is -0.496 e. The van der Waals surface area contributed by atoms with Gasteiger partial charge in [-0.05, 0) is 74.9 Å². The van der Waals surface area contributed by atoms with Crippen LogP contribution in [0.2, 0.25) is 0 Å². The summed E-state index contributed by atoms with van der Waals surface area (Å²) in [6.45, 7) is 16.5. The molecule has 0 amide bonds. The molecule has 0 radical (unpaired) electrons. The van der Waals surface area contributed by atoms with E-state index in [-0.39, 0.29) is 0 Å². The third kappa shape index (κ3) is 4.70. The lowest BCUT2D eigenvalue weighted by molar-refractivity contribution is 0.411. The van der Waals surface area contributed by atoms with E-state index < -0.39 is 0 Å². The molecule has 0 saturated heterocycles. The van der Waals surface area contributed by atoms with Crippen LogP contribution in [-0.2, 0) is 0 Å². The van der Waals surface area contributed by atoms with Crippen molar-refractivity contribution >= 4 is 11.3 Å². The first-order chi connectivity index (χ1) is 11.4. The fourth-order valence-electron chi connectivity index (χ4n) is 2.66. The van der Waals surface area contributed by atoms with E-state index in [1.807, 2.05) is 26.1 Å². The Morgan fingerprint density at radius 2 is 1.92 bits per heavy atom. The number of rotatable bonds is 7. The van der Waals surface area contributed by atoms with Gasteiger partial charge in [-0.3, -0.25) is 4.99 Å². The second-order valence-corrected chi connectivity index (χ2v) is 6.19. The molecule has 1 aromatic carbocycles. The van der Waals surface area contributed by atoms with Crippen molar-refractivity contribution < 1.29 is 4.74 Å². The fraction of sp³-hybridized carbons (Fsp3) is 0.409. The molecule has 0 aliphatic rings. The van der Waals surface area contributed by atoms with E-state index in [0.29, 0.717) is 5.92 Å². The highest BCUT2D eigenvalue weighted by Gasteiger charge is 2.16. The number of methoxy groups -OCH3 is 1. The van der Waals surface area contributed by atoms with E-state index in [9.17, 15) is 0 Å². The zero-order chi connectivity index (χ0) is 18.3. The normalized spacial score (nSPS) is 14.1. The molecule has 1 rings (SSSR count). The number of benzene rings is 1. The van der Waals surface area contributed by atoms with Crippen LogP contribution in [0.1, 0.15) is 50.8 Å². The Morgan fingerprint density at radius 3 is 2.42 bits per heavy atom. The summed E-state index contributed by atoms with van der Waals surface area (Å²) in [6.07, 6.45) is 7.40. The first kappa shape index (κ1) is 20.0. The third-order valence-electron chi connectivity index (χ3n) is 4.55. The zero-order valence-corrected chi connectivity index (χ0v) is 16.2. The Labute approximate surface area is 147 Å². The lowest BCUT2D eigenvalue weighted by atomic mass is 9.87. The van der Waals surface area contributed by atoms with Crippen molar-refractivity contribution in [2.75, 3.05) is 7.11 Å². The summed E-state index contributed by atoms with van der Waals surface area (Å²) in [5.41, 5.74) is 6.84. The summed E-state index contributed by atoms with van der Waals surface area (Å²) in [7, 11) is 1.72. The lowest BCUT2D eigenvalue weighted by Crippen LogP contribution is -2.03. The van der Waals surface area contributed by atoms with E-state index >= 15 is 0 Å². The summed E-state index contributed by atoms with van der Waals surface area (Å²) in [5.74, 6) is 1.26. The summed E-state index contributed by atoms with van der Waals surface area (Å²) < 4.78 is 5.45. The maximum Gasteiger partial charge on any atom is 0.122 e. The highest BCUT2D eigenvalue weighted by atomic mass is 16.5. The van der Waals surface area contributed by atoms with Gasteiger partial charge in [-0.1, -0.05) is 31.7 Å². The predicted molar refractivity (Wildman–Crippen MR) is 107 cm³/mol. The van der Waals surface area contributed by atoms with Gasteiger partial charge < -0.3 is 4.74 Å². The molecule has 0 spiro atoms. The van der Waals surface area contributed by atoms with Crippen molar-refractivity contribution in [3.05, 3.63) is 59.3 Å². The average molecular weight is 325 g/mol. The maximum absolute atomic E-state index is 5.45. The van der Waals surface area contributed by atoms with E-state index in [1.165, 1.54) is 22.3 Å². The average Bonchev–Trinajstić information content (AvgIpc) is 2.56. The summed E-state index contributed by atoms with van der Waals surface area (Å²) in [5, 5.41) is 0. The van der Waals surface area contributed by atoms with Crippen molar-refractivity contribution in [3.8, 4) is 5.75 Å². The minimum atomic E-state index is 0.336. The van der Waals surface area contributed by atoms with E-state index in [1.54, 1.807) is 7.11 Å². The molecule has 0 aromatic heterocycles. The van der Waals surface area contributed by atoms with Gasteiger partial charge in [0.2, 0.25) is 0 Å². The molecule has 0 saturated carbocycles. The van der Waals surface area contributed by atoms with Gasteiger partial charge in [-0.25, -0.2) is 0 Å². The van der Waals surface area contributed by atoms with Crippen LogP contribution in [0.25, 0.3) is 5.57 Å². The van der Waals surface area contributed by atoms with Gasteiger partial charge in [0.25, 0.3) is 0 Å². The molecule has 2 heteroatoms. The lowest BCUT2D eigenvalue weighted by Gasteiger charge is -2.20. The predicted octanol–water partition coefficient (Wildman–Crippen LogP) is 6.29. The molecule has 2 nitrogen and oxygen atoms in total. The second-order valence-electron chi connectivity index (χ2n) is 6.19. The summed E-state index contributed by atoms with van der Waals surface area (Å²) in [6, 6.07) is 4.19. The SMILES string of the molecule is C=C(C)C(C)=N/C=C(/c1ccc(OC)c(C)c1C)C(/C=C\C)CC. The van der Waals surface area contributed by atoms with Crippen LogP contribution in [0.3, 0.4) is 0 Å². The van der Waals surface area contributed by atoms with Crippen molar-refractivity contribution in [2.45, 2.75) is 48.0 Å². The van der Waals surface area contributed by atoms with Gasteiger partial charge in [-0.2, -0.15) is 0 Å². The second kappa shape index (κ2) is 9.27. The van der Waals surface area contributed by atoms with Crippen LogP contribution >= 0.6 is 0 Å². The van der Waals surface area contributed by atoms with Crippen LogP contribution in [0.5, 0.6) is 5.75 Å². The van der Waals surface area contributed by atoms with Crippen LogP contribution in [0, 0.1) is 19.8 Å². The molecule has 1 atom stereocenters. The quantitative estimate of drug-likeness (QED) is 0.426. The van der Waals surface area contributed by atoms with Gasteiger partial charge in [0.15, 0.2) is 0 Å². The highest BCUT2D eigenvalue weighted by molar-refractivity contribution is 5.97. The number of aliphatic imine (C=N–C) groups is 1. The van der Waals surface area contributed by atoms with Crippen molar-refractivity contribution in [2.24, 2.45) is 10.9 Å². The Hall–Kier alpha value is -2.09. The van der Waals surface area contributed by atoms with E-state index in [0.717, 1.165) is 23.5 Å². The number of ether oxygens (including phenoxy) is 1. The van der Waals surface area contributed by atoms with Gasteiger partial charge in [0.1, 0.15) is 5.75 Å². The van der Waals surface area contributed by atoms with Crippen LogP contribution in [0.4, 0.5) is 0 Å². The van der Waals surface area contributed by atoms with Crippen molar-refractivity contribution in [1.29, 1.82) is 0 Å². The largest absolute Gasteiger partial charge is 0.496 e. The number of hydrogen-bond donors (Lipinski definition) is 0. The number of allylic oxidation sites excluding steroid dienone is 4. The molecule has 0 aliphatic heterocycles. The van der Waals surface area contributed by atoms with Crippen molar-refractivity contribution in [3.63, 3.8) is 0 Å².